The summed E-state index contributed by atoms with van der Waals surface area (Å²) in [6.07, 6.45) is 0.912. The van der Waals surface area contributed by atoms with Crippen LogP contribution in [0, 0.1) is 11.8 Å². The van der Waals surface area contributed by atoms with Crippen molar-refractivity contribution < 1.29 is 9.84 Å². The highest BCUT2D eigenvalue weighted by molar-refractivity contribution is 5.37. The van der Waals surface area contributed by atoms with Crippen LogP contribution in [0.3, 0.4) is 0 Å². The van der Waals surface area contributed by atoms with E-state index in [0.717, 1.165) is 18.6 Å². The Morgan fingerprint density at radius 1 is 1.25 bits per heavy atom. The Hall–Kier alpha value is -1.30. The van der Waals surface area contributed by atoms with Gasteiger partial charge in [0.25, 0.3) is 0 Å². The van der Waals surface area contributed by atoms with Gasteiger partial charge < -0.3 is 9.84 Å². The molecule has 0 aromatic heterocycles. The zero-order valence-electron chi connectivity index (χ0n) is 10.1. The molecule has 0 saturated heterocycles. The van der Waals surface area contributed by atoms with Gasteiger partial charge in [-0.3, -0.25) is 0 Å². The summed E-state index contributed by atoms with van der Waals surface area (Å²) in [7, 11) is 1.70. The molecule has 0 unspecified atom stereocenters. The monoisotopic (exact) mass is 218 g/mol. The number of benzene rings is 1. The van der Waals surface area contributed by atoms with Gasteiger partial charge in [0.15, 0.2) is 0 Å². The summed E-state index contributed by atoms with van der Waals surface area (Å²) in [5.74, 6) is 5.72. The van der Waals surface area contributed by atoms with Crippen molar-refractivity contribution in [3.05, 3.63) is 35.4 Å². The van der Waals surface area contributed by atoms with E-state index in [2.05, 4.69) is 11.8 Å². The van der Waals surface area contributed by atoms with Crippen LogP contribution in [0.25, 0.3) is 0 Å². The molecule has 0 heterocycles. The zero-order valence-corrected chi connectivity index (χ0v) is 10.1. The Morgan fingerprint density at radius 3 is 2.38 bits per heavy atom. The summed E-state index contributed by atoms with van der Waals surface area (Å²) < 4.78 is 5.01. The molecule has 2 heteroatoms. The van der Waals surface area contributed by atoms with E-state index >= 15 is 0 Å². The Bertz CT molecular complexity index is 374. The Morgan fingerprint density at radius 2 is 1.88 bits per heavy atom. The molecule has 0 bridgehead atoms. The highest BCUT2D eigenvalue weighted by atomic mass is 16.5. The Balaban J connectivity index is 2.67. The predicted molar refractivity (Wildman–Crippen MR) is 65.2 cm³/mol. The minimum atomic E-state index is -0.936. The minimum absolute atomic E-state index is 0.731. The van der Waals surface area contributed by atoms with Gasteiger partial charge in [0.05, 0.1) is 6.61 Å². The van der Waals surface area contributed by atoms with Crippen LogP contribution in [-0.4, -0.2) is 24.4 Å². The average molecular weight is 218 g/mol. The van der Waals surface area contributed by atoms with E-state index in [4.69, 9.17) is 4.74 Å². The summed E-state index contributed by atoms with van der Waals surface area (Å²) >= 11 is 0. The molecular formula is C14H18O2. The molecule has 1 N–H and O–H groups in total. The number of ether oxygens (including phenoxy) is 1. The Labute approximate surface area is 97.3 Å². The first-order valence-corrected chi connectivity index (χ1v) is 5.35. The van der Waals surface area contributed by atoms with Crippen LogP contribution in [0.1, 0.15) is 25.0 Å². The third kappa shape index (κ3) is 4.97. The van der Waals surface area contributed by atoms with E-state index < -0.39 is 5.60 Å². The van der Waals surface area contributed by atoms with Crippen molar-refractivity contribution in [3.63, 3.8) is 0 Å². The van der Waals surface area contributed by atoms with E-state index in [9.17, 15) is 5.11 Å². The fourth-order valence-corrected chi connectivity index (χ4v) is 1.20. The van der Waals surface area contributed by atoms with Crippen molar-refractivity contribution in [1.82, 2.24) is 0 Å². The van der Waals surface area contributed by atoms with Crippen molar-refractivity contribution in [2.45, 2.75) is 25.9 Å². The van der Waals surface area contributed by atoms with Crippen LogP contribution in [0.15, 0.2) is 24.3 Å². The molecule has 2 nitrogen and oxygen atoms in total. The smallest absolute Gasteiger partial charge is 0.120 e. The molecule has 0 aliphatic carbocycles. The number of rotatable bonds is 3. The minimum Gasteiger partial charge on any atom is -0.384 e. The van der Waals surface area contributed by atoms with Crippen molar-refractivity contribution in [2.75, 3.05) is 13.7 Å². The van der Waals surface area contributed by atoms with Crippen LogP contribution in [0.5, 0.6) is 0 Å². The summed E-state index contributed by atoms with van der Waals surface area (Å²) in [6.45, 7) is 4.08. The molecule has 1 aromatic carbocycles. The fraction of sp³-hybridized carbons (Fsp3) is 0.429. The molecule has 0 amide bonds. The second-order valence-corrected chi connectivity index (χ2v) is 4.25. The Kier molecular flexibility index (Phi) is 4.54. The largest absolute Gasteiger partial charge is 0.384 e. The molecule has 1 aromatic rings. The second-order valence-electron chi connectivity index (χ2n) is 4.25. The first-order chi connectivity index (χ1) is 7.51. The van der Waals surface area contributed by atoms with Crippen molar-refractivity contribution in [3.8, 4) is 11.8 Å². The van der Waals surface area contributed by atoms with Gasteiger partial charge in [0, 0.05) is 12.7 Å². The number of aliphatic hydroxyl groups is 1. The van der Waals surface area contributed by atoms with Gasteiger partial charge in [-0.15, -0.1) is 0 Å². The van der Waals surface area contributed by atoms with Crippen LogP contribution in [0.4, 0.5) is 0 Å². The molecule has 0 atom stereocenters. The van der Waals surface area contributed by atoms with Crippen molar-refractivity contribution >= 4 is 0 Å². The molecule has 0 aliphatic heterocycles. The standard InChI is InChI=1S/C14H18O2/c1-14(2,15)10-8-12-4-6-13(7-5-12)9-11-16-3/h4-7,15H,9,11H2,1-3H3. The molecule has 86 valence electrons. The SMILES string of the molecule is COCCc1ccc(C#CC(C)(C)O)cc1. The lowest BCUT2D eigenvalue weighted by Gasteiger charge is -2.06. The quantitative estimate of drug-likeness (QED) is 0.786. The molecule has 0 aliphatic rings. The van der Waals surface area contributed by atoms with E-state index in [0.29, 0.717) is 0 Å². The summed E-state index contributed by atoms with van der Waals surface area (Å²) in [6, 6.07) is 7.99. The third-order valence-electron chi connectivity index (χ3n) is 2.06. The molecule has 16 heavy (non-hydrogen) atoms. The summed E-state index contributed by atoms with van der Waals surface area (Å²) in [4.78, 5) is 0. The van der Waals surface area contributed by atoms with Gasteiger partial charge in [0.1, 0.15) is 5.60 Å². The summed E-state index contributed by atoms with van der Waals surface area (Å²) in [5, 5.41) is 9.46. The lowest BCUT2D eigenvalue weighted by atomic mass is 10.1. The fourth-order valence-electron chi connectivity index (χ4n) is 1.20. The van der Waals surface area contributed by atoms with Gasteiger partial charge in [-0.1, -0.05) is 24.0 Å². The molecule has 0 fully saturated rings. The lowest BCUT2D eigenvalue weighted by Crippen LogP contribution is -2.14. The van der Waals surface area contributed by atoms with Crippen LogP contribution in [0.2, 0.25) is 0 Å². The van der Waals surface area contributed by atoms with Gasteiger partial charge in [0.2, 0.25) is 0 Å². The number of methoxy groups -OCH3 is 1. The molecule has 0 saturated carbocycles. The first kappa shape index (κ1) is 12.8. The van der Waals surface area contributed by atoms with Crippen molar-refractivity contribution in [1.29, 1.82) is 0 Å². The van der Waals surface area contributed by atoms with Crippen LogP contribution in [-0.2, 0) is 11.2 Å². The zero-order chi connectivity index (χ0) is 12.0. The molecule has 0 spiro atoms. The number of hydrogen-bond acceptors (Lipinski definition) is 2. The third-order valence-corrected chi connectivity index (χ3v) is 2.06. The van der Waals surface area contributed by atoms with E-state index in [1.165, 1.54) is 5.56 Å². The number of hydrogen-bond donors (Lipinski definition) is 1. The molecular weight excluding hydrogens is 200 g/mol. The van der Waals surface area contributed by atoms with E-state index in [1.807, 2.05) is 24.3 Å². The van der Waals surface area contributed by atoms with E-state index in [1.54, 1.807) is 21.0 Å². The first-order valence-electron chi connectivity index (χ1n) is 5.35. The molecule has 0 radical (unpaired) electrons. The van der Waals surface area contributed by atoms with Crippen molar-refractivity contribution in [2.24, 2.45) is 0 Å². The normalized spacial score (nSPS) is 10.8. The average Bonchev–Trinajstić information content (AvgIpc) is 2.24. The summed E-state index contributed by atoms with van der Waals surface area (Å²) in [5.41, 5.74) is 1.22. The van der Waals surface area contributed by atoms with Crippen LogP contribution >= 0.6 is 0 Å². The maximum Gasteiger partial charge on any atom is 0.120 e. The maximum absolute atomic E-state index is 9.46. The highest BCUT2D eigenvalue weighted by Crippen LogP contribution is 2.05. The predicted octanol–water partition coefficient (Wildman–Crippen LogP) is 2.00. The lowest BCUT2D eigenvalue weighted by molar-refractivity contribution is 0.143. The second kappa shape index (κ2) is 5.69. The van der Waals surface area contributed by atoms with Gasteiger partial charge in [-0.05, 0) is 38.0 Å². The van der Waals surface area contributed by atoms with Gasteiger partial charge >= 0.3 is 0 Å². The maximum atomic E-state index is 9.46. The van der Waals surface area contributed by atoms with Gasteiger partial charge in [-0.2, -0.15) is 0 Å². The van der Waals surface area contributed by atoms with Gasteiger partial charge in [-0.25, -0.2) is 0 Å². The topological polar surface area (TPSA) is 29.5 Å². The van der Waals surface area contributed by atoms with Crippen LogP contribution < -0.4 is 0 Å². The highest BCUT2D eigenvalue weighted by Gasteiger charge is 2.05. The molecule has 1 rings (SSSR count). The van der Waals surface area contributed by atoms with E-state index in [-0.39, 0.29) is 0 Å².